The van der Waals surface area contributed by atoms with E-state index < -0.39 is 0 Å². The first-order valence-electron chi connectivity index (χ1n) is 8.49. The fourth-order valence-corrected chi connectivity index (χ4v) is 3.77. The molecule has 3 heterocycles. The average molecular weight is 296 g/mol. The summed E-state index contributed by atoms with van der Waals surface area (Å²) in [6.07, 6.45) is 4.23. The largest absolute Gasteiger partial charge is 0.381 e. The van der Waals surface area contributed by atoms with Crippen molar-refractivity contribution in [3.8, 4) is 0 Å². The summed E-state index contributed by atoms with van der Waals surface area (Å²) in [6.45, 7) is 8.34. The Hall–Kier alpha value is -0.650. The van der Waals surface area contributed by atoms with Crippen LogP contribution in [0, 0.1) is 11.8 Å². The van der Waals surface area contributed by atoms with Gasteiger partial charge in [0.15, 0.2) is 0 Å². The van der Waals surface area contributed by atoms with Crippen LogP contribution in [0.2, 0.25) is 0 Å². The fourth-order valence-electron chi connectivity index (χ4n) is 3.77. The van der Waals surface area contributed by atoms with Crippen LogP contribution in [-0.4, -0.2) is 74.9 Å². The van der Waals surface area contributed by atoms with Gasteiger partial charge >= 0.3 is 0 Å². The average Bonchev–Trinajstić information content (AvgIpc) is 2.56. The van der Waals surface area contributed by atoms with Gasteiger partial charge in [0.25, 0.3) is 0 Å². The molecule has 120 valence electrons. The molecule has 3 rings (SSSR count). The number of carbonyl (C=O) groups is 1. The number of carbonyl (C=O) groups excluding carboxylic acids is 1. The zero-order valence-corrected chi connectivity index (χ0v) is 13.0. The van der Waals surface area contributed by atoms with Gasteiger partial charge in [-0.25, -0.2) is 0 Å². The van der Waals surface area contributed by atoms with Crippen LogP contribution in [0.3, 0.4) is 0 Å². The Bertz CT molecular complexity index is 338. The molecule has 3 saturated heterocycles. The lowest BCUT2D eigenvalue weighted by atomic mass is 9.93. The summed E-state index contributed by atoms with van der Waals surface area (Å²) in [5.41, 5.74) is 0. The molecule has 1 atom stereocenters. The molecule has 3 fully saturated rings. The van der Waals surface area contributed by atoms with Gasteiger partial charge in [0, 0.05) is 51.9 Å². The molecule has 1 unspecified atom stereocenters. The molecule has 5 nitrogen and oxygen atoms in total. The number of ether oxygens (including phenoxy) is 2. The van der Waals surface area contributed by atoms with Gasteiger partial charge in [0.2, 0.25) is 5.91 Å². The quantitative estimate of drug-likeness (QED) is 0.779. The van der Waals surface area contributed by atoms with Gasteiger partial charge < -0.3 is 14.4 Å². The lowest BCUT2D eigenvalue weighted by Gasteiger charge is -2.38. The SMILES string of the molecule is O=C(C1CCOCC1)N1CCCC(CN2CCOCC2)C1. The molecule has 1 amide bonds. The van der Waals surface area contributed by atoms with Gasteiger partial charge in [-0.05, 0) is 31.6 Å². The van der Waals surface area contributed by atoms with Crippen molar-refractivity contribution >= 4 is 5.91 Å². The zero-order chi connectivity index (χ0) is 14.5. The monoisotopic (exact) mass is 296 g/mol. The van der Waals surface area contributed by atoms with Gasteiger partial charge in [-0.2, -0.15) is 0 Å². The molecule has 0 N–H and O–H groups in total. The minimum absolute atomic E-state index is 0.209. The van der Waals surface area contributed by atoms with Crippen molar-refractivity contribution in [2.24, 2.45) is 11.8 Å². The molecule has 0 aromatic heterocycles. The first kappa shape index (κ1) is 15.3. The third-order valence-corrected chi connectivity index (χ3v) is 5.02. The standard InChI is InChI=1S/C16H28N2O3/c19-16(15-3-8-20-9-4-15)18-5-1-2-14(13-18)12-17-6-10-21-11-7-17/h14-15H,1-13H2. The number of hydrogen-bond acceptors (Lipinski definition) is 4. The Morgan fingerprint density at radius 3 is 2.43 bits per heavy atom. The topological polar surface area (TPSA) is 42.0 Å². The van der Waals surface area contributed by atoms with E-state index in [9.17, 15) is 4.79 Å². The van der Waals surface area contributed by atoms with Crippen LogP contribution in [0.5, 0.6) is 0 Å². The van der Waals surface area contributed by atoms with Crippen molar-refractivity contribution in [2.75, 3.05) is 59.2 Å². The highest BCUT2D eigenvalue weighted by atomic mass is 16.5. The molecular formula is C16H28N2O3. The molecule has 0 saturated carbocycles. The smallest absolute Gasteiger partial charge is 0.225 e. The molecule has 0 aliphatic carbocycles. The minimum Gasteiger partial charge on any atom is -0.381 e. The fraction of sp³-hybridized carbons (Fsp3) is 0.938. The summed E-state index contributed by atoms with van der Waals surface area (Å²) in [5, 5.41) is 0. The number of hydrogen-bond donors (Lipinski definition) is 0. The van der Waals surface area contributed by atoms with E-state index in [1.165, 1.54) is 6.42 Å². The van der Waals surface area contributed by atoms with Crippen molar-refractivity contribution in [2.45, 2.75) is 25.7 Å². The summed E-state index contributed by atoms with van der Waals surface area (Å²) in [6, 6.07) is 0. The summed E-state index contributed by atoms with van der Waals surface area (Å²) in [7, 11) is 0. The van der Waals surface area contributed by atoms with Crippen molar-refractivity contribution in [3.63, 3.8) is 0 Å². The Kier molecular flexibility index (Phi) is 5.49. The second-order valence-corrected chi connectivity index (χ2v) is 6.59. The maximum Gasteiger partial charge on any atom is 0.225 e. The Morgan fingerprint density at radius 2 is 1.67 bits per heavy atom. The summed E-state index contributed by atoms with van der Waals surface area (Å²) >= 11 is 0. The van der Waals surface area contributed by atoms with Crippen LogP contribution in [0.25, 0.3) is 0 Å². The highest BCUT2D eigenvalue weighted by Crippen LogP contribution is 2.23. The molecule has 21 heavy (non-hydrogen) atoms. The van der Waals surface area contributed by atoms with Gasteiger partial charge in [-0.15, -0.1) is 0 Å². The highest BCUT2D eigenvalue weighted by molar-refractivity contribution is 5.79. The van der Waals surface area contributed by atoms with Crippen LogP contribution in [0.1, 0.15) is 25.7 Å². The van der Waals surface area contributed by atoms with Crippen molar-refractivity contribution in [3.05, 3.63) is 0 Å². The highest BCUT2D eigenvalue weighted by Gasteiger charge is 2.30. The molecule has 3 aliphatic heterocycles. The second kappa shape index (κ2) is 7.56. The summed E-state index contributed by atoms with van der Waals surface area (Å²) in [5.74, 6) is 1.23. The van der Waals surface area contributed by atoms with E-state index in [2.05, 4.69) is 9.80 Å². The van der Waals surface area contributed by atoms with Crippen LogP contribution >= 0.6 is 0 Å². The van der Waals surface area contributed by atoms with Crippen LogP contribution in [-0.2, 0) is 14.3 Å². The van der Waals surface area contributed by atoms with Gasteiger partial charge in [0.1, 0.15) is 0 Å². The molecule has 0 bridgehead atoms. The Labute approximate surface area is 127 Å². The summed E-state index contributed by atoms with van der Waals surface area (Å²) in [4.78, 5) is 17.3. The van der Waals surface area contributed by atoms with E-state index in [1.807, 2.05) is 0 Å². The minimum atomic E-state index is 0.209. The van der Waals surface area contributed by atoms with Crippen molar-refractivity contribution in [1.29, 1.82) is 0 Å². The van der Waals surface area contributed by atoms with Gasteiger partial charge in [0.05, 0.1) is 13.2 Å². The number of amides is 1. The van der Waals surface area contributed by atoms with Gasteiger partial charge in [-0.1, -0.05) is 0 Å². The van der Waals surface area contributed by atoms with E-state index in [0.29, 0.717) is 11.8 Å². The number of likely N-dealkylation sites (tertiary alicyclic amines) is 1. The lowest BCUT2D eigenvalue weighted by molar-refractivity contribution is -0.140. The molecule has 0 aromatic rings. The molecule has 0 radical (unpaired) electrons. The molecule has 0 spiro atoms. The summed E-state index contributed by atoms with van der Waals surface area (Å²) < 4.78 is 10.8. The van der Waals surface area contributed by atoms with Crippen LogP contribution < -0.4 is 0 Å². The normalized spacial score (nSPS) is 29.5. The van der Waals surface area contributed by atoms with E-state index in [1.54, 1.807) is 0 Å². The molecular weight excluding hydrogens is 268 g/mol. The first-order chi connectivity index (χ1) is 10.3. The Morgan fingerprint density at radius 1 is 0.952 bits per heavy atom. The van der Waals surface area contributed by atoms with E-state index in [0.717, 1.165) is 78.4 Å². The number of piperidine rings is 1. The second-order valence-electron chi connectivity index (χ2n) is 6.59. The predicted molar refractivity (Wildman–Crippen MR) is 80.1 cm³/mol. The van der Waals surface area contributed by atoms with Crippen molar-refractivity contribution < 1.29 is 14.3 Å². The number of morpholine rings is 1. The maximum absolute atomic E-state index is 12.6. The van der Waals surface area contributed by atoms with E-state index >= 15 is 0 Å². The third-order valence-electron chi connectivity index (χ3n) is 5.02. The van der Waals surface area contributed by atoms with Crippen LogP contribution in [0.4, 0.5) is 0 Å². The van der Waals surface area contributed by atoms with E-state index in [4.69, 9.17) is 9.47 Å². The Balaban J connectivity index is 1.48. The number of nitrogens with zero attached hydrogens (tertiary/aromatic N) is 2. The van der Waals surface area contributed by atoms with Crippen molar-refractivity contribution in [1.82, 2.24) is 9.80 Å². The third kappa shape index (κ3) is 4.18. The first-order valence-corrected chi connectivity index (χ1v) is 8.49. The zero-order valence-electron chi connectivity index (χ0n) is 13.0. The molecule has 5 heteroatoms. The molecule has 0 aromatic carbocycles. The lowest BCUT2D eigenvalue weighted by Crippen LogP contribution is -2.48. The van der Waals surface area contributed by atoms with Gasteiger partial charge in [-0.3, -0.25) is 9.69 Å². The predicted octanol–water partition coefficient (Wildman–Crippen LogP) is 0.984. The maximum atomic E-state index is 12.6. The molecule has 3 aliphatic rings. The number of rotatable bonds is 3. The van der Waals surface area contributed by atoms with E-state index in [-0.39, 0.29) is 5.92 Å². The van der Waals surface area contributed by atoms with Crippen LogP contribution in [0.15, 0.2) is 0 Å².